The first-order valence-corrected chi connectivity index (χ1v) is 7.14. The SMILES string of the molecule is CC(Nc1cc(Cl)cc(Cl)c1)c1ccc(Cl)cc1Cl. The predicted molar refractivity (Wildman–Crippen MR) is 85.0 cm³/mol. The van der Waals surface area contributed by atoms with Crippen LogP contribution in [0.2, 0.25) is 20.1 Å². The Morgan fingerprint density at radius 3 is 2.05 bits per heavy atom. The van der Waals surface area contributed by atoms with Crippen molar-refractivity contribution in [2.24, 2.45) is 0 Å². The summed E-state index contributed by atoms with van der Waals surface area (Å²) < 4.78 is 0. The van der Waals surface area contributed by atoms with E-state index in [1.54, 1.807) is 12.1 Å². The van der Waals surface area contributed by atoms with E-state index in [9.17, 15) is 0 Å². The minimum Gasteiger partial charge on any atom is -0.378 e. The van der Waals surface area contributed by atoms with E-state index in [0.717, 1.165) is 11.3 Å². The highest BCUT2D eigenvalue weighted by atomic mass is 35.5. The van der Waals surface area contributed by atoms with Crippen LogP contribution in [0.4, 0.5) is 5.69 Å². The molecule has 0 saturated heterocycles. The molecule has 1 nitrogen and oxygen atoms in total. The zero-order valence-corrected chi connectivity index (χ0v) is 13.1. The third-order valence-electron chi connectivity index (χ3n) is 2.67. The van der Waals surface area contributed by atoms with Crippen molar-refractivity contribution in [1.29, 1.82) is 0 Å². The Morgan fingerprint density at radius 1 is 0.842 bits per heavy atom. The molecule has 19 heavy (non-hydrogen) atoms. The average molecular weight is 335 g/mol. The van der Waals surface area contributed by atoms with Gasteiger partial charge in [0.2, 0.25) is 0 Å². The van der Waals surface area contributed by atoms with Crippen LogP contribution in [0.15, 0.2) is 36.4 Å². The summed E-state index contributed by atoms with van der Waals surface area (Å²) in [6.07, 6.45) is 0. The largest absolute Gasteiger partial charge is 0.378 e. The second-order valence-electron chi connectivity index (χ2n) is 4.19. The smallest absolute Gasteiger partial charge is 0.0500 e. The van der Waals surface area contributed by atoms with Crippen LogP contribution in [0.3, 0.4) is 0 Å². The van der Waals surface area contributed by atoms with E-state index in [1.807, 2.05) is 31.2 Å². The van der Waals surface area contributed by atoms with Crippen LogP contribution in [0.25, 0.3) is 0 Å². The summed E-state index contributed by atoms with van der Waals surface area (Å²) in [7, 11) is 0. The van der Waals surface area contributed by atoms with Crippen LogP contribution in [0.1, 0.15) is 18.5 Å². The van der Waals surface area contributed by atoms with E-state index in [4.69, 9.17) is 46.4 Å². The fraction of sp³-hybridized carbons (Fsp3) is 0.143. The molecule has 0 aliphatic rings. The normalized spacial score (nSPS) is 12.3. The molecule has 100 valence electrons. The number of hydrogen-bond donors (Lipinski definition) is 1. The van der Waals surface area contributed by atoms with Crippen LogP contribution in [-0.2, 0) is 0 Å². The van der Waals surface area contributed by atoms with Crippen molar-refractivity contribution < 1.29 is 0 Å². The van der Waals surface area contributed by atoms with Gasteiger partial charge in [-0.25, -0.2) is 0 Å². The maximum absolute atomic E-state index is 6.18. The topological polar surface area (TPSA) is 12.0 Å². The molecule has 0 fully saturated rings. The molecule has 0 heterocycles. The number of halogens is 4. The monoisotopic (exact) mass is 333 g/mol. The number of anilines is 1. The molecule has 0 amide bonds. The van der Waals surface area contributed by atoms with Gasteiger partial charge in [0, 0.05) is 31.8 Å². The van der Waals surface area contributed by atoms with E-state index in [-0.39, 0.29) is 6.04 Å². The van der Waals surface area contributed by atoms with Crippen molar-refractivity contribution in [1.82, 2.24) is 0 Å². The Bertz CT molecular complexity index is 578. The molecule has 2 aromatic carbocycles. The van der Waals surface area contributed by atoms with E-state index in [1.165, 1.54) is 0 Å². The van der Waals surface area contributed by atoms with Crippen molar-refractivity contribution >= 4 is 52.1 Å². The zero-order valence-electron chi connectivity index (χ0n) is 10.1. The molecule has 2 aromatic rings. The maximum Gasteiger partial charge on any atom is 0.0500 e. The van der Waals surface area contributed by atoms with Crippen molar-refractivity contribution in [3.05, 3.63) is 62.1 Å². The molecule has 1 atom stereocenters. The van der Waals surface area contributed by atoms with Crippen LogP contribution < -0.4 is 5.32 Å². The van der Waals surface area contributed by atoms with Crippen LogP contribution in [-0.4, -0.2) is 0 Å². The molecule has 0 spiro atoms. The third-order valence-corrected chi connectivity index (χ3v) is 3.67. The van der Waals surface area contributed by atoms with Gasteiger partial charge >= 0.3 is 0 Å². The van der Waals surface area contributed by atoms with E-state index >= 15 is 0 Å². The molecule has 2 rings (SSSR count). The molecule has 0 radical (unpaired) electrons. The zero-order chi connectivity index (χ0) is 14.0. The fourth-order valence-corrected chi connectivity index (χ4v) is 2.92. The molecule has 5 heteroatoms. The van der Waals surface area contributed by atoms with E-state index in [2.05, 4.69) is 5.32 Å². The Balaban J connectivity index is 2.22. The molecule has 0 aliphatic carbocycles. The van der Waals surface area contributed by atoms with Crippen molar-refractivity contribution in [3.63, 3.8) is 0 Å². The second-order valence-corrected chi connectivity index (χ2v) is 5.91. The molecule has 0 aliphatic heterocycles. The molecule has 0 saturated carbocycles. The molecule has 1 unspecified atom stereocenters. The highest BCUT2D eigenvalue weighted by Gasteiger charge is 2.10. The second kappa shape index (κ2) is 6.23. The standard InChI is InChI=1S/C14H11Cl4N/c1-8(13-3-2-9(15)7-14(13)18)19-12-5-10(16)4-11(17)6-12/h2-8,19H,1H3. The predicted octanol–water partition coefficient (Wildman–Crippen LogP) is 6.47. The number of hydrogen-bond acceptors (Lipinski definition) is 1. The summed E-state index contributed by atoms with van der Waals surface area (Å²) in [5.41, 5.74) is 1.80. The fourth-order valence-electron chi connectivity index (χ4n) is 1.82. The van der Waals surface area contributed by atoms with Gasteiger partial charge in [-0.2, -0.15) is 0 Å². The van der Waals surface area contributed by atoms with E-state index < -0.39 is 0 Å². The van der Waals surface area contributed by atoms with Gasteiger partial charge in [0.1, 0.15) is 0 Å². The lowest BCUT2D eigenvalue weighted by Gasteiger charge is -2.17. The Morgan fingerprint density at radius 2 is 1.47 bits per heavy atom. The molecule has 1 N–H and O–H groups in total. The summed E-state index contributed by atoms with van der Waals surface area (Å²) in [6.45, 7) is 2.00. The number of benzene rings is 2. The van der Waals surface area contributed by atoms with Gasteiger partial charge in [-0.15, -0.1) is 0 Å². The minimum absolute atomic E-state index is 0.0132. The van der Waals surface area contributed by atoms with E-state index in [0.29, 0.717) is 20.1 Å². The summed E-state index contributed by atoms with van der Waals surface area (Å²) in [5.74, 6) is 0. The van der Waals surface area contributed by atoms with Crippen LogP contribution >= 0.6 is 46.4 Å². The highest BCUT2D eigenvalue weighted by molar-refractivity contribution is 6.35. The summed E-state index contributed by atoms with van der Waals surface area (Å²) in [5, 5.41) is 5.72. The van der Waals surface area contributed by atoms with Crippen LogP contribution in [0, 0.1) is 0 Å². The molecule has 0 aromatic heterocycles. The lowest BCUT2D eigenvalue weighted by Crippen LogP contribution is -2.07. The number of nitrogens with one attached hydrogen (secondary N) is 1. The average Bonchev–Trinajstić information content (AvgIpc) is 2.26. The van der Waals surface area contributed by atoms with Gasteiger partial charge in [0.15, 0.2) is 0 Å². The van der Waals surface area contributed by atoms with Gasteiger partial charge in [-0.1, -0.05) is 52.5 Å². The van der Waals surface area contributed by atoms with Gasteiger partial charge in [-0.3, -0.25) is 0 Å². The summed E-state index contributed by atoms with van der Waals surface area (Å²) in [4.78, 5) is 0. The molecular weight excluding hydrogens is 324 g/mol. The van der Waals surface area contributed by atoms with Gasteiger partial charge in [0.25, 0.3) is 0 Å². The molecule has 0 bridgehead atoms. The minimum atomic E-state index is 0.0132. The summed E-state index contributed by atoms with van der Waals surface area (Å²) in [6, 6.07) is 10.8. The van der Waals surface area contributed by atoms with Crippen LogP contribution in [0.5, 0.6) is 0 Å². The number of rotatable bonds is 3. The Hall–Kier alpha value is -0.600. The van der Waals surface area contributed by atoms with Gasteiger partial charge in [-0.05, 0) is 42.8 Å². The first kappa shape index (κ1) is 14.8. The lowest BCUT2D eigenvalue weighted by atomic mass is 10.1. The van der Waals surface area contributed by atoms with Crippen molar-refractivity contribution in [2.75, 3.05) is 5.32 Å². The quantitative estimate of drug-likeness (QED) is 0.677. The van der Waals surface area contributed by atoms with Crippen molar-refractivity contribution in [3.8, 4) is 0 Å². The maximum atomic E-state index is 6.18. The Kier molecular flexibility index (Phi) is 4.86. The van der Waals surface area contributed by atoms with Gasteiger partial charge in [0.05, 0.1) is 0 Å². The first-order valence-electron chi connectivity index (χ1n) is 5.63. The Labute approximate surface area is 132 Å². The first-order chi connectivity index (χ1) is 8.95. The third kappa shape index (κ3) is 3.93. The lowest BCUT2D eigenvalue weighted by molar-refractivity contribution is 0.885. The molecular formula is C14H11Cl4N. The summed E-state index contributed by atoms with van der Waals surface area (Å²) >= 11 is 24.0. The van der Waals surface area contributed by atoms with Gasteiger partial charge < -0.3 is 5.32 Å². The highest BCUT2D eigenvalue weighted by Crippen LogP contribution is 2.30. The van der Waals surface area contributed by atoms with Crippen molar-refractivity contribution in [2.45, 2.75) is 13.0 Å².